The monoisotopic (exact) mass is 196 g/mol. The van der Waals surface area contributed by atoms with Crippen LogP contribution in [0.25, 0.3) is 0 Å². The van der Waals surface area contributed by atoms with Gasteiger partial charge in [-0.25, -0.2) is 4.39 Å². The second kappa shape index (κ2) is 4.86. The van der Waals surface area contributed by atoms with Crippen molar-refractivity contribution in [2.75, 3.05) is 6.61 Å². The minimum atomic E-state index is -0.496. The van der Waals surface area contributed by atoms with Crippen molar-refractivity contribution in [2.24, 2.45) is 0 Å². The molecule has 0 aliphatic heterocycles. The fourth-order valence-corrected chi connectivity index (χ4v) is 1.01. The lowest BCUT2D eigenvalue weighted by atomic mass is 10.1. The summed E-state index contributed by atoms with van der Waals surface area (Å²) in [6.45, 7) is 3.59. The molecule has 0 amide bonds. The first kappa shape index (κ1) is 10.9. The molecule has 0 saturated heterocycles. The van der Waals surface area contributed by atoms with E-state index in [4.69, 9.17) is 4.74 Å². The molecule has 0 aliphatic rings. The fraction of sp³-hybridized carbons (Fsp3) is 0.364. The van der Waals surface area contributed by atoms with Gasteiger partial charge in [-0.15, -0.1) is 0 Å². The molecule has 0 fully saturated rings. The highest BCUT2D eigenvalue weighted by molar-refractivity contribution is 5.97. The fourth-order valence-electron chi connectivity index (χ4n) is 1.01. The van der Waals surface area contributed by atoms with Gasteiger partial charge in [0.05, 0.1) is 11.7 Å². The first-order valence-corrected chi connectivity index (χ1v) is 4.50. The number of carbonyl (C=O) groups excluding carboxylic acids is 1. The molecule has 0 saturated carbocycles. The van der Waals surface area contributed by atoms with E-state index in [1.54, 1.807) is 12.1 Å². The minimum absolute atomic E-state index is 0.0225. The first-order chi connectivity index (χ1) is 6.61. The summed E-state index contributed by atoms with van der Waals surface area (Å²) in [7, 11) is 0. The molecular formula is C11H13FO2. The maximum atomic E-state index is 13.1. The zero-order valence-corrected chi connectivity index (χ0v) is 8.29. The van der Waals surface area contributed by atoms with Gasteiger partial charge < -0.3 is 4.74 Å². The summed E-state index contributed by atoms with van der Waals surface area (Å²) in [5.74, 6) is -0.818. The molecular weight excluding hydrogens is 183 g/mol. The Morgan fingerprint density at radius 3 is 2.64 bits per heavy atom. The van der Waals surface area contributed by atoms with Gasteiger partial charge in [-0.05, 0) is 26.0 Å². The van der Waals surface area contributed by atoms with Crippen LogP contribution in [0.15, 0.2) is 24.3 Å². The van der Waals surface area contributed by atoms with E-state index in [0.29, 0.717) is 0 Å². The van der Waals surface area contributed by atoms with Gasteiger partial charge in [-0.3, -0.25) is 4.79 Å². The van der Waals surface area contributed by atoms with Crippen LogP contribution < -0.4 is 0 Å². The van der Waals surface area contributed by atoms with E-state index in [0.717, 1.165) is 0 Å². The Hall–Kier alpha value is -1.22. The van der Waals surface area contributed by atoms with E-state index in [2.05, 4.69) is 0 Å². The number of hydrogen-bond acceptors (Lipinski definition) is 2. The van der Waals surface area contributed by atoms with Crippen molar-refractivity contribution in [1.29, 1.82) is 0 Å². The number of benzene rings is 1. The molecule has 0 aliphatic carbocycles. The van der Waals surface area contributed by atoms with Gasteiger partial charge in [-0.1, -0.05) is 12.1 Å². The third-order valence-electron chi connectivity index (χ3n) is 1.72. The van der Waals surface area contributed by atoms with Crippen molar-refractivity contribution in [3.05, 3.63) is 35.6 Å². The van der Waals surface area contributed by atoms with Crippen LogP contribution in [0.3, 0.4) is 0 Å². The number of carbonyl (C=O) groups is 1. The normalized spacial score (nSPS) is 10.6. The molecule has 1 rings (SSSR count). The van der Waals surface area contributed by atoms with Crippen LogP contribution in [0, 0.1) is 5.82 Å². The van der Waals surface area contributed by atoms with E-state index < -0.39 is 5.82 Å². The van der Waals surface area contributed by atoms with Crippen LogP contribution in [0.2, 0.25) is 0 Å². The predicted molar refractivity (Wildman–Crippen MR) is 51.8 cm³/mol. The first-order valence-electron chi connectivity index (χ1n) is 4.50. The maximum absolute atomic E-state index is 13.1. The average molecular weight is 196 g/mol. The second-order valence-electron chi connectivity index (χ2n) is 3.26. The Balaban J connectivity index is 2.65. The third-order valence-corrected chi connectivity index (χ3v) is 1.72. The second-order valence-corrected chi connectivity index (χ2v) is 3.26. The van der Waals surface area contributed by atoms with E-state index in [9.17, 15) is 9.18 Å². The molecule has 76 valence electrons. The number of ketones is 1. The van der Waals surface area contributed by atoms with E-state index >= 15 is 0 Å². The number of Topliss-reactive ketones (excluding diaryl/α,β-unsaturated/α-hetero) is 1. The van der Waals surface area contributed by atoms with Crippen LogP contribution in [0.5, 0.6) is 0 Å². The molecule has 0 spiro atoms. The lowest BCUT2D eigenvalue weighted by Crippen LogP contribution is -2.14. The van der Waals surface area contributed by atoms with Gasteiger partial charge in [-0.2, -0.15) is 0 Å². The van der Waals surface area contributed by atoms with Crippen molar-refractivity contribution in [1.82, 2.24) is 0 Å². The van der Waals surface area contributed by atoms with Crippen molar-refractivity contribution >= 4 is 5.78 Å². The average Bonchev–Trinajstić information content (AvgIpc) is 2.15. The molecule has 0 heterocycles. The zero-order chi connectivity index (χ0) is 10.6. The van der Waals surface area contributed by atoms with Gasteiger partial charge >= 0.3 is 0 Å². The maximum Gasteiger partial charge on any atom is 0.191 e. The zero-order valence-electron chi connectivity index (χ0n) is 8.29. The highest BCUT2D eigenvalue weighted by Crippen LogP contribution is 2.07. The summed E-state index contributed by atoms with van der Waals surface area (Å²) in [4.78, 5) is 11.4. The van der Waals surface area contributed by atoms with Crippen LogP contribution in [0.4, 0.5) is 4.39 Å². The van der Waals surface area contributed by atoms with Crippen molar-refractivity contribution in [3.8, 4) is 0 Å². The molecule has 2 nitrogen and oxygen atoms in total. The third kappa shape index (κ3) is 2.92. The molecule has 0 atom stereocenters. The summed E-state index contributed by atoms with van der Waals surface area (Å²) >= 11 is 0. The lowest BCUT2D eigenvalue weighted by molar-refractivity contribution is 0.0581. The molecule has 0 N–H and O–H groups in total. The highest BCUT2D eigenvalue weighted by Gasteiger charge is 2.11. The Kier molecular flexibility index (Phi) is 3.77. The van der Waals surface area contributed by atoms with Gasteiger partial charge in [0.25, 0.3) is 0 Å². The number of ether oxygens (including phenoxy) is 1. The van der Waals surface area contributed by atoms with Gasteiger partial charge in [0.2, 0.25) is 0 Å². The van der Waals surface area contributed by atoms with Crippen LogP contribution in [-0.4, -0.2) is 18.5 Å². The Morgan fingerprint density at radius 2 is 2.07 bits per heavy atom. The Labute approximate surface area is 82.7 Å². The van der Waals surface area contributed by atoms with Crippen molar-refractivity contribution in [2.45, 2.75) is 20.0 Å². The number of rotatable bonds is 4. The summed E-state index contributed by atoms with van der Waals surface area (Å²) in [6, 6.07) is 5.91. The minimum Gasteiger partial charge on any atom is -0.371 e. The number of halogens is 1. The van der Waals surface area contributed by atoms with Gasteiger partial charge in [0, 0.05) is 0 Å². The number of hydrogen-bond donors (Lipinski definition) is 0. The highest BCUT2D eigenvalue weighted by atomic mass is 19.1. The van der Waals surface area contributed by atoms with Crippen molar-refractivity contribution < 1.29 is 13.9 Å². The van der Waals surface area contributed by atoms with Gasteiger partial charge in [0.1, 0.15) is 12.4 Å². The molecule has 14 heavy (non-hydrogen) atoms. The quantitative estimate of drug-likeness (QED) is 0.691. The molecule has 0 aromatic heterocycles. The topological polar surface area (TPSA) is 26.3 Å². The van der Waals surface area contributed by atoms with E-state index in [1.807, 2.05) is 13.8 Å². The summed E-state index contributed by atoms with van der Waals surface area (Å²) < 4.78 is 18.2. The van der Waals surface area contributed by atoms with Crippen LogP contribution in [0.1, 0.15) is 24.2 Å². The van der Waals surface area contributed by atoms with E-state index in [-0.39, 0.29) is 24.1 Å². The summed E-state index contributed by atoms with van der Waals surface area (Å²) in [6.07, 6.45) is -0.0225. The Morgan fingerprint density at radius 1 is 1.43 bits per heavy atom. The SMILES string of the molecule is CC(C)OCC(=O)c1ccccc1F. The molecule has 1 aromatic rings. The van der Waals surface area contributed by atoms with Crippen molar-refractivity contribution in [3.63, 3.8) is 0 Å². The standard InChI is InChI=1S/C11H13FO2/c1-8(2)14-7-11(13)9-5-3-4-6-10(9)12/h3-6,8H,7H2,1-2H3. The molecule has 0 bridgehead atoms. The lowest BCUT2D eigenvalue weighted by Gasteiger charge is -2.06. The Bertz CT molecular complexity index is 321. The van der Waals surface area contributed by atoms with Gasteiger partial charge in [0.15, 0.2) is 5.78 Å². The summed E-state index contributed by atoms with van der Waals surface area (Å²) in [5, 5.41) is 0. The van der Waals surface area contributed by atoms with E-state index in [1.165, 1.54) is 12.1 Å². The molecule has 1 aromatic carbocycles. The largest absolute Gasteiger partial charge is 0.371 e. The van der Waals surface area contributed by atoms with Crippen LogP contribution in [-0.2, 0) is 4.74 Å². The van der Waals surface area contributed by atoms with Crippen LogP contribution >= 0.6 is 0 Å². The molecule has 0 radical (unpaired) electrons. The summed E-state index contributed by atoms with van der Waals surface area (Å²) in [5.41, 5.74) is 0.0909. The predicted octanol–water partition coefficient (Wildman–Crippen LogP) is 2.43. The smallest absolute Gasteiger partial charge is 0.191 e. The molecule has 3 heteroatoms. The molecule has 0 unspecified atom stereocenters.